The van der Waals surface area contributed by atoms with Crippen molar-refractivity contribution in [3.63, 3.8) is 0 Å². The van der Waals surface area contributed by atoms with Crippen molar-refractivity contribution in [1.29, 1.82) is 0 Å². The number of benzene rings is 1. The van der Waals surface area contributed by atoms with Crippen LogP contribution in [0.3, 0.4) is 0 Å². The third-order valence-electron chi connectivity index (χ3n) is 4.09. The van der Waals surface area contributed by atoms with E-state index in [1.807, 2.05) is 32.0 Å². The van der Waals surface area contributed by atoms with Crippen LogP contribution in [0.4, 0.5) is 11.6 Å². The van der Waals surface area contributed by atoms with Crippen LogP contribution in [0.25, 0.3) is 11.3 Å². The lowest BCUT2D eigenvalue weighted by Gasteiger charge is -2.14. The van der Waals surface area contributed by atoms with E-state index in [9.17, 15) is 8.42 Å². The lowest BCUT2D eigenvalue weighted by Crippen LogP contribution is -2.29. The molecule has 0 saturated heterocycles. The zero-order valence-electron chi connectivity index (χ0n) is 16.8. The van der Waals surface area contributed by atoms with Gasteiger partial charge in [0.25, 0.3) is 0 Å². The fourth-order valence-corrected chi connectivity index (χ4v) is 3.66. The van der Waals surface area contributed by atoms with E-state index >= 15 is 0 Å². The summed E-state index contributed by atoms with van der Waals surface area (Å²) < 4.78 is 32.7. The van der Waals surface area contributed by atoms with Crippen LogP contribution in [0.2, 0.25) is 0 Å². The third-order valence-corrected chi connectivity index (χ3v) is 5.56. The van der Waals surface area contributed by atoms with Crippen LogP contribution < -0.4 is 14.9 Å². The second kappa shape index (κ2) is 8.58. The van der Waals surface area contributed by atoms with E-state index in [2.05, 4.69) is 25.0 Å². The summed E-state index contributed by atoms with van der Waals surface area (Å²) in [6.07, 6.45) is 1.54. The molecule has 0 radical (unpaired) electrons. The van der Waals surface area contributed by atoms with Gasteiger partial charge in [-0.1, -0.05) is 12.1 Å². The quantitative estimate of drug-likeness (QED) is 0.537. The minimum absolute atomic E-state index is 0.189. The molecule has 10 heteroatoms. The van der Waals surface area contributed by atoms with Gasteiger partial charge in [-0.3, -0.25) is 0 Å². The first-order valence-corrected chi connectivity index (χ1v) is 10.5. The number of rotatable bonds is 8. The molecule has 0 aliphatic rings. The number of aromatic nitrogens is 3. The Labute approximate surface area is 170 Å². The smallest absolute Gasteiger partial charge is 0.240 e. The van der Waals surface area contributed by atoms with E-state index in [-0.39, 0.29) is 11.4 Å². The van der Waals surface area contributed by atoms with Crippen molar-refractivity contribution in [1.82, 2.24) is 19.7 Å². The molecule has 2 aromatic heterocycles. The highest BCUT2D eigenvalue weighted by molar-refractivity contribution is 7.89. The predicted molar refractivity (Wildman–Crippen MR) is 111 cm³/mol. The first-order chi connectivity index (χ1) is 13.7. The minimum atomic E-state index is -3.61. The third kappa shape index (κ3) is 5.30. The second-order valence-electron chi connectivity index (χ2n) is 6.65. The van der Waals surface area contributed by atoms with Crippen LogP contribution in [0, 0.1) is 13.8 Å². The van der Waals surface area contributed by atoms with Crippen molar-refractivity contribution >= 4 is 21.7 Å². The summed E-state index contributed by atoms with van der Waals surface area (Å²) in [7, 11) is 0.182. The maximum atomic E-state index is 12.5. The topological polar surface area (TPSA) is 113 Å². The molecule has 9 nitrogen and oxygen atoms in total. The predicted octanol–water partition coefficient (Wildman–Crippen LogP) is 2.20. The largest absolute Gasteiger partial charge is 0.449 e. The number of sulfonamides is 1. The maximum absolute atomic E-state index is 12.5. The van der Waals surface area contributed by atoms with Crippen molar-refractivity contribution in [2.45, 2.75) is 18.7 Å². The molecule has 0 aliphatic heterocycles. The van der Waals surface area contributed by atoms with Gasteiger partial charge in [-0.25, -0.2) is 28.1 Å². The Bertz CT molecular complexity index is 1080. The number of hydrogen-bond donors (Lipinski definition) is 2. The van der Waals surface area contributed by atoms with Gasteiger partial charge >= 0.3 is 0 Å². The molecule has 3 rings (SSSR count). The normalized spacial score (nSPS) is 11.4. The summed E-state index contributed by atoms with van der Waals surface area (Å²) in [5.41, 5.74) is 1.46. The van der Waals surface area contributed by atoms with E-state index < -0.39 is 10.0 Å². The van der Waals surface area contributed by atoms with E-state index in [4.69, 9.17) is 4.42 Å². The van der Waals surface area contributed by atoms with Gasteiger partial charge in [0.05, 0.1) is 4.90 Å². The van der Waals surface area contributed by atoms with E-state index in [1.165, 1.54) is 0 Å². The average molecular weight is 417 g/mol. The van der Waals surface area contributed by atoms with Gasteiger partial charge in [0.2, 0.25) is 10.0 Å². The number of anilines is 2. The number of nitrogens with one attached hydrogen (secondary N) is 2. The highest BCUT2D eigenvalue weighted by atomic mass is 32.2. The Morgan fingerprint density at radius 2 is 1.76 bits per heavy atom. The van der Waals surface area contributed by atoms with E-state index in [0.29, 0.717) is 29.8 Å². The average Bonchev–Trinajstić information content (AvgIpc) is 3.11. The van der Waals surface area contributed by atoms with Crippen LogP contribution in [-0.4, -0.2) is 50.6 Å². The van der Waals surface area contributed by atoms with Crippen LogP contribution in [0.5, 0.6) is 0 Å². The van der Waals surface area contributed by atoms with Crippen LogP contribution in [-0.2, 0) is 10.0 Å². The summed E-state index contributed by atoms with van der Waals surface area (Å²) in [6, 6.07) is 8.32. The summed E-state index contributed by atoms with van der Waals surface area (Å²) in [5.74, 6) is 2.62. The van der Waals surface area contributed by atoms with Gasteiger partial charge in [-0.2, -0.15) is 0 Å². The molecular formula is C19H24N6O3S. The van der Waals surface area contributed by atoms with Crippen molar-refractivity contribution in [3.8, 4) is 11.3 Å². The Kier molecular flexibility index (Phi) is 6.14. The SMILES string of the molecule is Cc1nc(NCCNS(=O)(=O)c2ccc(-c3coc(C)n3)cc2)cc(N(C)C)n1. The Hall–Kier alpha value is -2.98. The first kappa shape index (κ1) is 20.7. The molecule has 154 valence electrons. The Balaban J connectivity index is 1.57. The molecular weight excluding hydrogens is 392 g/mol. The number of nitrogens with zero attached hydrogens (tertiary/aromatic N) is 4. The zero-order chi connectivity index (χ0) is 21.0. The van der Waals surface area contributed by atoms with Crippen LogP contribution in [0.1, 0.15) is 11.7 Å². The van der Waals surface area contributed by atoms with Gasteiger partial charge in [0.1, 0.15) is 29.4 Å². The van der Waals surface area contributed by atoms with Gasteiger partial charge in [-0.05, 0) is 19.1 Å². The highest BCUT2D eigenvalue weighted by Gasteiger charge is 2.14. The maximum Gasteiger partial charge on any atom is 0.240 e. The first-order valence-electron chi connectivity index (χ1n) is 9.04. The molecule has 1 aromatic carbocycles. The van der Waals surface area contributed by atoms with Crippen LogP contribution in [0.15, 0.2) is 45.9 Å². The molecule has 0 saturated carbocycles. The Morgan fingerprint density at radius 1 is 1.03 bits per heavy atom. The molecule has 29 heavy (non-hydrogen) atoms. The molecule has 2 heterocycles. The molecule has 0 fully saturated rings. The lowest BCUT2D eigenvalue weighted by atomic mass is 10.2. The highest BCUT2D eigenvalue weighted by Crippen LogP contribution is 2.20. The number of hydrogen-bond acceptors (Lipinski definition) is 8. The molecule has 0 amide bonds. The van der Waals surface area contributed by atoms with Crippen molar-refractivity contribution in [3.05, 3.63) is 48.3 Å². The van der Waals surface area contributed by atoms with Gasteiger partial charge < -0.3 is 14.6 Å². The fraction of sp³-hybridized carbons (Fsp3) is 0.316. The Morgan fingerprint density at radius 3 is 2.38 bits per heavy atom. The van der Waals surface area contributed by atoms with Crippen LogP contribution >= 0.6 is 0 Å². The second-order valence-corrected chi connectivity index (χ2v) is 8.42. The molecule has 2 N–H and O–H groups in total. The number of aryl methyl sites for hydroxylation is 2. The van der Waals surface area contributed by atoms with Crippen molar-refractivity contribution < 1.29 is 12.8 Å². The lowest BCUT2D eigenvalue weighted by molar-refractivity contribution is 0.521. The molecule has 0 bridgehead atoms. The fourth-order valence-electron chi connectivity index (χ4n) is 2.63. The van der Waals surface area contributed by atoms with Gasteiger partial charge in [-0.15, -0.1) is 0 Å². The summed E-state index contributed by atoms with van der Waals surface area (Å²) >= 11 is 0. The van der Waals surface area contributed by atoms with Crippen molar-refractivity contribution in [2.24, 2.45) is 0 Å². The molecule has 0 unspecified atom stereocenters. The van der Waals surface area contributed by atoms with Gasteiger partial charge in [0, 0.05) is 45.7 Å². The standard InChI is InChI=1S/C19H24N6O3S/c1-13-22-18(11-19(23-13)25(3)4)20-9-10-21-29(26,27)16-7-5-15(6-8-16)17-12-28-14(2)24-17/h5-8,11-12,21H,9-10H2,1-4H3,(H,20,22,23). The molecule has 0 atom stereocenters. The summed E-state index contributed by atoms with van der Waals surface area (Å²) in [4.78, 5) is 14.9. The summed E-state index contributed by atoms with van der Waals surface area (Å²) in [6.45, 7) is 4.17. The molecule has 3 aromatic rings. The monoisotopic (exact) mass is 416 g/mol. The number of oxazole rings is 1. The van der Waals surface area contributed by atoms with Crippen molar-refractivity contribution in [2.75, 3.05) is 37.4 Å². The van der Waals surface area contributed by atoms with E-state index in [1.54, 1.807) is 37.5 Å². The zero-order valence-corrected chi connectivity index (χ0v) is 17.6. The van der Waals surface area contributed by atoms with E-state index in [0.717, 1.165) is 11.4 Å². The summed E-state index contributed by atoms with van der Waals surface area (Å²) in [5, 5.41) is 3.11. The molecule has 0 spiro atoms. The van der Waals surface area contributed by atoms with Gasteiger partial charge in [0.15, 0.2) is 5.89 Å². The minimum Gasteiger partial charge on any atom is -0.449 e. The molecule has 0 aliphatic carbocycles.